The average molecular weight is 1320 g/mol. The molecule has 548 valence electrons. The standard InChI is InChI=1S/C79H149NO13/c1-3-5-7-9-11-13-15-17-19-21-23-25-27-29-31-32-33-34-35-36-37-39-41-43-45-47-49-51-53-55-57-59-61-63-71(84)80-67(66-90-78-76(89)74(87)77(70(65-82)92-78)93-79-75(88)73(86)72(85)69(64-81)91-79)68(83)62-60-58-56-54-52-50-48-46-44-42-40-38-30-28-26-24-22-20-18-16-14-12-10-8-6-4-2/h44,46,52,54,60,62,67-70,72-79,81-83,85-89H,3-43,45,47-51,53,55-59,61,63-66H2,1-2H3,(H,80,84)/b46-44+,54-52+,62-60+. The maximum absolute atomic E-state index is 13.4. The lowest BCUT2D eigenvalue weighted by Crippen LogP contribution is -2.65. The van der Waals surface area contributed by atoms with Crippen molar-refractivity contribution < 1.29 is 64.6 Å². The summed E-state index contributed by atoms with van der Waals surface area (Å²) in [6.07, 6.45) is 66.7. The lowest BCUT2D eigenvalue weighted by atomic mass is 9.97. The number of hydrogen-bond donors (Lipinski definition) is 9. The Labute approximate surface area is 570 Å². The minimum atomic E-state index is -1.79. The molecule has 0 radical (unpaired) electrons. The number of unbranched alkanes of at least 4 members (excludes halogenated alkanes) is 50. The Balaban J connectivity index is 1.63. The highest BCUT2D eigenvalue weighted by atomic mass is 16.7. The first-order valence-corrected chi connectivity index (χ1v) is 39.7. The van der Waals surface area contributed by atoms with E-state index >= 15 is 0 Å². The monoisotopic (exact) mass is 1320 g/mol. The zero-order valence-corrected chi connectivity index (χ0v) is 60.0. The zero-order chi connectivity index (χ0) is 67.3. The van der Waals surface area contributed by atoms with E-state index in [-0.39, 0.29) is 18.9 Å². The first kappa shape index (κ1) is 87.3. The van der Waals surface area contributed by atoms with E-state index < -0.39 is 86.8 Å². The molecule has 14 nitrogen and oxygen atoms in total. The van der Waals surface area contributed by atoms with Gasteiger partial charge in [-0.1, -0.05) is 352 Å². The van der Waals surface area contributed by atoms with Gasteiger partial charge in [-0.2, -0.15) is 0 Å². The second-order valence-corrected chi connectivity index (χ2v) is 28.2. The lowest BCUT2D eigenvalue weighted by molar-refractivity contribution is -0.359. The number of aliphatic hydroxyl groups excluding tert-OH is 8. The van der Waals surface area contributed by atoms with Crippen molar-refractivity contribution in [3.8, 4) is 0 Å². The fourth-order valence-electron chi connectivity index (χ4n) is 13.3. The molecule has 9 N–H and O–H groups in total. The maximum atomic E-state index is 13.4. The molecule has 1 amide bonds. The Bertz CT molecular complexity index is 1700. The summed E-state index contributed by atoms with van der Waals surface area (Å²) in [5, 5.41) is 87.6. The van der Waals surface area contributed by atoms with Crippen LogP contribution in [0.5, 0.6) is 0 Å². The van der Waals surface area contributed by atoms with Crippen molar-refractivity contribution >= 4 is 5.91 Å². The van der Waals surface area contributed by atoms with Gasteiger partial charge >= 0.3 is 0 Å². The molecule has 0 bridgehead atoms. The van der Waals surface area contributed by atoms with Crippen LogP contribution in [0.15, 0.2) is 36.5 Å². The quantitative estimate of drug-likeness (QED) is 0.0204. The topological polar surface area (TPSA) is 228 Å². The van der Waals surface area contributed by atoms with Crippen LogP contribution >= 0.6 is 0 Å². The van der Waals surface area contributed by atoms with Crippen molar-refractivity contribution in [1.29, 1.82) is 0 Å². The van der Waals surface area contributed by atoms with Crippen LogP contribution in [0.25, 0.3) is 0 Å². The predicted octanol–water partition coefficient (Wildman–Crippen LogP) is 17.6. The summed E-state index contributed by atoms with van der Waals surface area (Å²) in [5.74, 6) is -0.245. The van der Waals surface area contributed by atoms with Crippen molar-refractivity contribution in [2.45, 2.75) is 441 Å². The van der Waals surface area contributed by atoms with E-state index in [9.17, 15) is 45.6 Å². The summed E-state index contributed by atoms with van der Waals surface area (Å²) in [7, 11) is 0. The molecule has 2 heterocycles. The van der Waals surface area contributed by atoms with Gasteiger partial charge in [0.2, 0.25) is 5.91 Å². The third-order valence-electron chi connectivity index (χ3n) is 19.6. The Morgan fingerprint density at radius 3 is 1.05 bits per heavy atom. The second-order valence-electron chi connectivity index (χ2n) is 28.2. The van der Waals surface area contributed by atoms with Crippen molar-refractivity contribution in [3.05, 3.63) is 36.5 Å². The number of carbonyl (C=O) groups is 1. The van der Waals surface area contributed by atoms with E-state index in [1.54, 1.807) is 6.08 Å². The molecule has 0 aromatic rings. The van der Waals surface area contributed by atoms with Crippen LogP contribution < -0.4 is 5.32 Å². The van der Waals surface area contributed by atoms with E-state index in [2.05, 4.69) is 43.5 Å². The molecule has 0 saturated carbocycles. The predicted molar refractivity (Wildman–Crippen MR) is 383 cm³/mol. The van der Waals surface area contributed by atoms with Crippen molar-refractivity contribution in [2.75, 3.05) is 19.8 Å². The van der Waals surface area contributed by atoms with Crippen LogP contribution in [0.2, 0.25) is 0 Å². The molecule has 2 rings (SSSR count). The Hall–Kier alpha value is -1.79. The molecule has 0 aromatic heterocycles. The normalized spacial score (nSPS) is 22.7. The van der Waals surface area contributed by atoms with Gasteiger partial charge in [-0.25, -0.2) is 0 Å². The molecule has 0 aliphatic carbocycles. The number of rotatable bonds is 67. The van der Waals surface area contributed by atoms with E-state index in [0.29, 0.717) is 12.8 Å². The van der Waals surface area contributed by atoms with Crippen LogP contribution in [0.1, 0.15) is 367 Å². The third kappa shape index (κ3) is 47.0. The van der Waals surface area contributed by atoms with Gasteiger partial charge in [0.25, 0.3) is 0 Å². The highest BCUT2D eigenvalue weighted by Crippen LogP contribution is 2.30. The van der Waals surface area contributed by atoms with Crippen LogP contribution in [0, 0.1) is 0 Å². The molecule has 2 saturated heterocycles. The van der Waals surface area contributed by atoms with Crippen LogP contribution in [0.3, 0.4) is 0 Å². The summed E-state index contributed by atoms with van der Waals surface area (Å²) in [6, 6.07) is -0.938. The highest BCUT2D eigenvalue weighted by Gasteiger charge is 2.51. The average Bonchev–Trinajstić information content (AvgIpc) is 0.865. The molecule has 93 heavy (non-hydrogen) atoms. The van der Waals surface area contributed by atoms with Gasteiger partial charge in [0.15, 0.2) is 12.6 Å². The van der Waals surface area contributed by atoms with Gasteiger partial charge in [0, 0.05) is 6.42 Å². The minimum Gasteiger partial charge on any atom is -0.394 e. The van der Waals surface area contributed by atoms with Crippen molar-refractivity contribution in [2.24, 2.45) is 0 Å². The zero-order valence-electron chi connectivity index (χ0n) is 60.0. The van der Waals surface area contributed by atoms with Gasteiger partial charge in [0.1, 0.15) is 48.8 Å². The lowest BCUT2D eigenvalue weighted by Gasteiger charge is -2.46. The Morgan fingerprint density at radius 1 is 0.376 bits per heavy atom. The number of nitrogens with one attached hydrogen (secondary N) is 1. The molecule has 2 aliphatic rings. The van der Waals surface area contributed by atoms with Gasteiger partial charge in [0.05, 0.1) is 32.0 Å². The fraction of sp³-hybridized carbons (Fsp3) is 0.911. The number of carbonyl (C=O) groups excluding carboxylic acids is 1. The number of ether oxygens (including phenoxy) is 4. The maximum Gasteiger partial charge on any atom is 0.220 e. The molecule has 0 aromatic carbocycles. The van der Waals surface area contributed by atoms with Gasteiger partial charge in [-0.15, -0.1) is 0 Å². The number of hydrogen-bond acceptors (Lipinski definition) is 13. The number of allylic oxidation sites excluding steroid dienone is 5. The van der Waals surface area contributed by atoms with Crippen LogP contribution in [-0.4, -0.2) is 140 Å². The summed E-state index contributed by atoms with van der Waals surface area (Å²) >= 11 is 0. The summed E-state index contributed by atoms with van der Waals surface area (Å²) in [6.45, 7) is 2.84. The second kappa shape index (κ2) is 63.6. The van der Waals surface area contributed by atoms with Crippen molar-refractivity contribution in [1.82, 2.24) is 5.32 Å². The molecule has 2 fully saturated rings. The van der Waals surface area contributed by atoms with E-state index in [1.165, 1.54) is 289 Å². The summed E-state index contributed by atoms with van der Waals surface area (Å²) in [4.78, 5) is 13.4. The van der Waals surface area contributed by atoms with Gasteiger partial charge in [-0.3, -0.25) is 4.79 Å². The third-order valence-corrected chi connectivity index (χ3v) is 19.6. The van der Waals surface area contributed by atoms with Crippen LogP contribution in [0.4, 0.5) is 0 Å². The first-order chi connectivity index (χ1) is 45.6. The minimum absolute atomic E-state index is 0.245. The molecule has 12 atom stereocenters. The SMILES string of the molecule is CCCCCCCCCCCCCCCCCC/C=C/CC/C=C/CC/C=C/C(O)C(COC1OC(CO)C(OC2OC(CO)C(O)C(O)C2O)C(O)C1O)NC(=O)CCCCCCCCCCCCCCCCCCCCCCCCCCCCCCCCCCC. The van der Waals surface area contributed by atoms with Gasteiger partial charge in [-0.05, 0) is 44.9 Å². The fourth-order valence-corrected chi connectivity index (χ4v) is 13.3. The summed E-state index contributed by atoms with van der Waals surface area (Å²) < 4.78 is 22.9. The number of aliphatic hydroxyl groups is 8. The number of amides is 1. The molecule has 2 aliphatic heterocycles. The van der Waals surface area contributed by atoms with Crippen LogP contribution in [-0.2, 0) is 23.7 Å². The molecule has 12 unspecified atom stereocenters. The highest BCUT2D eigenvalue weighted by molar-refractivity contribution is 5.76. The molecular weight excluding hydrogens is 1170 g/mol. The van der Waals surface area contributed by atoms with E-state index in [4.69, 9.17) is 18.9 Å². The first-order valence-electron chi connectivity index (χ1n) is 39.7. The largest absolute Gasteiger partial charge is 0.394 e. The van der Waals surface area contributed by atoms with E-state index in [0.717, 1.165) is 44.9 Å². The Kier molecular flexibility index (Phi) is 59.7. The molecule has 0 spiro atoms. The smallest absolute Gasteiger partial charge is 0.220 e. The molecule has 14 heteroatoms. The molecular formula is C79H149NO13. The van der Waals surface area contributed by atoms with E-state index in [1.807, 2.05) is 6.08 Å². The summed E-state index contributed by atoms with van der Waals surface area (Å²) in [5.41, 5.74) is 0. The Morgan fingerprint density at radius 2 is 0.688 bits per heavy atom. The van der Waals surface area contributed by atoms with Crippen molar-refractivity contribution in [3.63, 3.8) is 0 Å². The van der Waals surface area contributed by atoms with Gasteiger partial charge < -0.3 is 65.1 Å².